The Hall–Kier alpha value is -3.53. The van der Waals surface area contributed by atoms with Crippen LogP contribution < -0.4 is 39.7 Å². The molecule has 0 aliphatic carbocycles. The van der Waals surface area contributed by atoms with Gasteiger partial charge in [-0.1, -0.05) is 209 Å². The maximum absolute atomic E-state index is 8.34. The van der Waals surface area contributed by atoms with Gasteiger partial charge in [-0.2, -0.15) is 0 Å². The lowest BCUT2D eigenvalue weighted by Crippen LogP contribution is -2.57. The Balaban J connectivity index is 2.27. The topological polar surface area (TPSA) is 46.2 Å². The number of hydrogen-bond donors (Lipinski definition) is 0. The first-order valence-electron chi connectivity index (χ1n) is 24.2. The van der Waals surface area contributed by atoms with Crippen molar-refractivity contribution in [1.29, 1.82) is 0 Å². The Morgan fingerprint density at radius 3 is 0.714 bits per heavy atom. The summed E-state index contributed by atoms with van der Waals surface area (Å²) in [7, 11) is -4.36. The van der Waals surface area contributed by atoms with Gasteiger partial charge in [-0.05, 0) is 69.6 Å². The molecule has 7 heteroatoms. The Labute approximate surface area is 388 Å². The quantitative estimate of drug-likeness (QED) is 0.0581. The van der Waals surface area contributed by atoms with E-state index in [9.17, 15) is 0 Å². The van der Waals surface area contributed by atoms with Crippen LogP contribution in [-0.4, -0.2) is 44.5 Å². The third kappa shape index (κ3) is 13.7. The second-order valence-electron chi connectivity index (χ2n) is 21.3. The molecule has 346 valence electrons. The molecule has 4 rings (SSSR count). The second kappa shape index (κ2) is 23.1. The van der Waals surface area contributed by atoms with Crippen LogP contribution in [0.5, 0.6) is 23.0 Å². The van der Waals surface area contributed by atoms with Gasteiger partial charge in [0.15, 0.2) is 0 Å². The Morgan fingerprint density at radius 2 is 0.540 bits per heavy atom. The van der Waals surface area contributed by atoms with E-state index in [-0.39, 0.29) is 21.7 Å². The molecule has 63 heavy (non-hydrogen) atoms. The van der Waals surface area contributed by atoms with Crippen LogP contribution in [0.1, 0.15) is 184 Å². The monoisotopic (exact) mass is 893 g/mol. The molecule has 2 radical (unpaired) electrons. The number of unbranched alkanes of at least 4 members (excludes halogenated alkanes) is 4. The smallest absolute Gasteiger partial charge is 0.280 e. The third-order valence-electron chi connectivity index (χ3n) is 11.5. The van der Waals surface area contributed by atoms with Gasteiger partial charge in [-0.3, -0.25) is 0 Å². The van der Waals surface area contributed by atoms with Crippen molar-refractivity contribution in [2.45, 2.75) is 184 Å². The summed E-state index contributed by atoms with van der Waals surface area (Å²) in [6.07, 6.45) is 8.07. The van der Waals surface area contributed by atoms with E-state index in [1.807, 2.05) is 0 Å². The lowest BCUT2D eigenvalue weighted by Gasteiger charge is -2.33. The molecule has 0 aliphatic heterocycles. The summed E-state index contributed by atoms with van der Waals surface area (Å²) in [5.41, 5.74) is 4.06. The fraction of sp³-hybridized carbons (Fsp3) is 0.571. The van der Waals surface area contributed by atoms with Crippen molar-refractivity contribution in [3.8, 4) is 23.0 Å². The first-order chi connectivity index (χ1) is 29.7. The van der Waals surface area contributed by atoms with E-state index in [4.69, 9.17) is 23.1 Å². The van der Waals surface area contributed by atoms with Gasteiger partial charge in [0.1, 0.15) is 23.0 Å². The van der Waals surface area contributed by atoms with Crippen molar-refractivity contribution in [3.05, 3.63) is 95.1 Å². The summed E-state index contributed by atoms with van der Waals surface area (Å²) in [5.74, 6) is 3.78. The first kappa shape index (κ1) is 52.1. The maximum atomic E-state index is 8.34. The van der Waals surface area contributed by atoms with Crippen molar-refractivity contribution in [1.82, 2.24) is 0 Å². The summed E-state index contributed by atoms with van der Waals surface area (Å²) in [6, 6.07) is 27.0. The van der Waals surface area contributed by atoms with Gasteiger partial charge in [0, 0.05) is 20.7 Å². The van der Waals surface area contributed by atoms with Gasteiger partial charge < -0.3 is 23.1 Å². The van der Waals surface area contributed by atoms with Crippen LogP contribution in [0.4, 0.5) is 0 Å². The minimum Gasteiger partial charge on any atom is -0.493 e. The van der Waals surface area contributed by atoms with Crippen LogP contribution in [0.15, 0.2) is 72.8 Å². The van der Waals surface area contributed by atoms with E-state index in [1.165, 1.54) is 22.3 Å². The molecule has 0 amide bonds. The predicted molar refractivity (Wildman–Crippen MR) is 273 cm³/mol. The highest BCUT2D eigenvalue weighted by Crippen LogP contribution is 2.36. The molecule has 0 aromatic heterocycles. The molecule has 0 spiro atoms. The largest absolute Gasteiger partial charge is 0.493 e. The Kier molecular flexibility index (Phi) is 19.1. The second-order valence-corrected chi connectivity index (χ2v) is 25.6. The molecule has 0 bridgehead atoms. The molecule has 0 saturated carbocycles. The lowest BCUT2D eigenvalue weighted by atomic mass is 9.86. The van der Waals surface area contributed by atoms with Gasteiger partial charge >= 0.3 is 0 Å². The fourth-order valence-electron chi connectivity index (χ4n) is 7.73. The van der Waals surface area contributed by atoms with Gasteiger partial charge in [-0.15, -0.1) is 0 Å². The molecule has 0 N–H and O–H groups in total. The summed E-state index contributed by atoms with van der Waals surface area (Å²) in [4.78, 5) is 0. The van der Waals surface area contributed by atoms with Crippen LogP contribution in [0.3, 0.4) is 0 Å². The number of para-hydroxylation sites is 4. The molecule has 0 aliphatic rings. The molecule has 5 nitrogen and oxygen atoms in total. The number of ether oxygens (including phenoxy) is 4. The minimum atomic E-state index is -2.18. The summed E-state index contributed by atoms with van der Waals surface area (Å²) in [6.45, 7) is 38.9. The summed E-state index contributed by atoms with van der Waals surface area (Å²) < 4.78 is 36.5. The van der Waals surface area contributed by atoms with Gasteiger partial charge in [0.25, 0.3) is 18.1 Å². The van der Waals surface area contributed by atoms with E-state index < -0.39 is 18.1 Å². The highest BCUT2D eigenvalue weighted by Gasteiger charge is 2.40. The molecule has 0 heterocycles. The lowest BCUT2D eigenvalue weighted by molar-refractivity contribution is 0.302. The zero-order valence-corrected chi connectivity index (χ0v) is 44.5. The minimum absolute atomic E-state index is 0.172. The van der Waals surface area contributed by atoms with Crippen molar-refractivity contribution in [2.75, 3.05) is 26.4 Å². The van der Waals surface area contributed by atoms with Crippen LogP contribution in [0.2, 0.25) is 0 Å². The van der Waals surface area contributed by atoms with E-state index in [2.05, 4.69) is 184 Å². The normalized spacial score (nSPS) is 12.6. The van der Waals surface area contributed by atoms with Gasteiger partial charge in [0.2, 0.25) is 0 Å². The van der Waals surface area contributed by atoms with Crippen LogP contribution in [-0.2, 0) is 25.8 Å². The van der Waals surface area contributed by atoms with Crippen LogP contribution in [0, 0.1) is 0 Å². The first-order valence-corrected chi connectivity index (χ1v) is 27.0. The number of hydrogen-bond acceptors (Lipinski definition) is 5. The van der Waals surface area contributed by atoms with E-state index in [1.54, 1.807) is 0 Å². The predicted octanol–water partition coefficient (Wildman–Crippen LogP) is 12.5. The molecule has 4 aromatic rings. The molecular formula is C56H84O5Si2. The van der Waals surface area contributed by atoms with E-state index >= 15 is 0 Å². The van der Waals surface area contributed by atoms with Crippen molar-refractivity contribution in [3.63, 3.8) is 0 Å². The van der Waals surface area contributed by atoms with Crippen LogP contribution >= 0.6 is 0 Å². The fourth-order valence-corrected chi connectivity index (χ4v) is 13.5. The van der Waals surface area contributed by atoms with Crippen molar-refractivity contribution in [2.24, 2.45) is 0 Å². The Morgan fingerprint density at radius 1 is 0.333 bits per heavy atom. The third-order valence-corrected chi connectivity index (χ3v) is 16.6. The SMILES string of the molecule is CCCCOc1c([Si](O[Si](c2cccc(C(C)(C)C)c2OCCCC)c2cccc(C(C)(C)C)c2OCCCC)c2cccc(C(C)(C)C)c2OCCCC)cccc1C(C)(C)C. The molecular weight excluding hydrogens is 809 g/mol. The van der Waals surface area contributed by atoms with Gasteiger partial charge in [-0.25, -0.2) is 0 Å². The van der Waals surface area contributed by atoms with Crippen molar-refractivity contribution >= 4 is 38.8 Å². The molecule has 0 atom stereocenters. The number of rotatable bonds is 22. The van der Waals surface area contributed by atoms with Gasteiger partial charge in [0.05, 0.1) is 26.4 Å². The molecule has 0 fully saturated rings. The molecule has 4 aromatic carbocycles. The summed E-state index contributed by atoms with van der Waals surface area (Å²) in [5, 5.41) is 4.44. The average molecular weight is 893 g/mol. The van der Waals surface area contributed by atoms with Crippen molar-refractivity contribution < 1.29 is 23.1 Å². The van der Waals surface area contributed by atoms with Crippen LogP contribution in [0.25, 0.3) is 0 Å². The van der Waals surface area contributed by atoms with E-state index in [0.717, 1.165) is 95.1 Å². The Bertz CT molecular complexity index is 1740. The zero-order valence-electron chi connectivity index (χ0n) is 42.5. The number of benzene rings is 4. The zero-order chi connectivity index (χ0) is 46.6. The average Bonchev–Trinajstić information content (AvgIpc) is 3.20. The molecule has 0 saturated heterocycles. The standard InChI is InChI=1S/C56H84O5Si2/c1-17-21-37-57-49-41(53(5,6)7)29-25-33-45(49)62(46-34-26-30-42(54(8,9)10)50(46)58-38-22-18-2)61-63(47-35-27-31-43(55(11,12)13)51(47)59-39-23-19-3)48-36-28-32-44(56(14,15)16)52(48)60-40-24-20-4/h25-36H,17-24,37-40H2,1-16H3. The highest BCUT2D eigenvalue weighted by molar-refractivity contribution is 6.93. The molecule has 0 unspecified atom stereocenters. The maximum Gasteiger partial charge on any atom is 0.280 e. The highest BCUT2D eigenvalue weighted by atomic mass is 28.4. The van der Waals surface area contributed by atoms with E-state index in [0.29, 0.717) is 26.4 Å². The summed E-state index contributed by atoms with van der Waals surface area (Å²) >= 11 is 0.